The van der Waals surface area contributed by atoms with E-state index in [9.17, 15) is 14.7 Å². The highest BCUT2D eigenvalue weighted by Gasteiger charge is 2.43. The Morgan fingerprint density at radius 1 is 1.39 bits per heavy atom. The van der Waals surface area contributed by atoms with Gasteiger partial charge in [0.2, 0.25) is 0 Å². The van der Waals surface area contributed by atoms with Gasteiger partial charge in [0.1, 0.15) is 12.4 Å². The van der Waals surface area contributed by atoms with Crippen molar-refractivity contribution in [2.75, 3.05) is 6.61 Å². The van der Waals surface area contributed by atoms with Crippen LogP contribution in [0.15, 0.2) is 42.0 Å². The number of cyclic esters (lactones) is 1. The lowest BCUT2D eigenvalue weighted by atomic mass is 9.96. The second-order valence-corrected chi connectivity index (χ2v) is 3.99. The Balaban J connectivity index is 2.15. The SMILES string of the molecule is C[C@@](O)(C(=O)Oc1ccccc1)C1=CCOC1=O. The van der Waals surface area contributed by atoms with Crippen LogP contribution in [0.25, 0.3) is 0 Å². The lowest BCUT2D eigenvalue weighted by Crippen LogP contribution is -2.42. The minimum Gasteiger partial charge on any atom is -0.458 e. The minimum absolute atomic E-state index is 0.0585. The summed E-state index contributed by atoms with van der Waals surface area (Å²) in [6.07, 6.45) is 1.37. The van der Waals surface area contributed by atoms with E-state index < -0.39 is 17.5 Å². The Hall–Kier alpha value is -2.14. The van der Waals surface area contributed by atoms with Gasteiger partial charge in [-0.1, -0.05) is 18.2 Å². The average Bonchev–Trinajstić information content (AvgIpc) is 2.77. The van der Waals surface area contributed by atoms with Crippen LogP contribution in [0.2, 0.25) is 0 Å². The molecule has 1 N–H and O–H groups in total. The van der Waals surface area contributed by atoms with E-state index in [1.54, 1.807) is 30.3 Å². The number of hydrogen-bond acceptors (Lipinski definition) is 5. The molecule has 5 heteroatoms. The van der Waals surface area contributed by atoms with Crippen molar-refractivity contribution in [2.45, 2.75) is 12.5 Å². The van der Waals surface area contributed by atoms with E-state index in [1.807, 2.05) is 0 Å². The third kappa shape index (κ3) is 2.26. The van der Waals surface area contributed by atoms with Gasteiger partial charge in [0.05, 0.1) is 5.57 Å². The highest BCUT2D eigenvalue weighted by atomic mass is 16.6. The molecule has 0 aromatic heterocycles. The van der Waals surface area contributed by atoms with Crippen molar-refractivity contribution in [3.63, 3.8) is 0 Å². The van der Waals surface area contributed by atoms with Crippen LogP contribution in [0.4, 0.5) is 0 Å². The zero-order valence-corrected chi connectivity index (χ0v) is 9.75. The molecule has 1 heterocycles. The Kier molecular flexibility index (Phi) is 3.16. The molecule has 1 atom stereocenters. The summed E-state index contributed by atoms with van der Waals surface area (Å²) in [4.78, 5) is 23.2. The van der Waals surface area contributed by atoms with Crippen molar-refractivity contribution in [3.05, 3.63) is 42.0 Å². The Bertz CT molecular complexity index is 501. The molecule has 0 radical (unpaired) electrons. The predicted octanol–water partition coefficient (Wildman–Crippen LogP) is 0.826. The summed E-state index contributed by atoms with van der Waals surface area (Å²) in [6, 6.07) is 8.32. The first kappa shape index (κ1) is 12.3. The maximum atomic E-state index is 11.8. The molecule has 0 unspecified atom stereocenters. The fraction of sp³-hybridized carbons (Fsp3) is 0.231. The van der Waals surface area contributed by atoms with E-state index in [0.29, 0.717) is 5.75 Å². The first-order valence-corrected chi connectivity index (χ1v) is 5.39. The molecule has 94 valence electrons. The molecule has 0 bridgehead atoms. The van der Waals surface area contributed by atoms with Gasteiger partial charge in [0.15, 0.2) is 5.60 Å². The number of ether oxygens (including phenoxy) is 2. The average molecular weight is 248 g/mol. The topological polar surface area (TPSA) is 72.8 Å². The highest BCUT2D eigenvalue weighted by Crippen LogP contribution is 2.24. The van der Waals surface area contributed by atoms with E-state index >= 15 is 0 Å². The lowest BCUT2D eigenvalue weighted by Gasteiger charge is -2.20. The monoisotopic (exact) mass is 248 g/mol. The standard InChI is InChI=1S/C13H12O5/c1-13(16,10-7-8-17-11(10)14)12(15)18-9-5-3-2-4-6-9/h2-7,16H,8H2,1H3/t13-/m0/s1. The maximum Gasteiger partial charge on any atom is 0.348 e. The summed E-state index contributed by atoms with van der Waals surface area (Å²) >= 11 is 0. The van der Waals surface area contributed by atoms with Crippen molar-refractivity contribution in [1.82, 2.24) is 0 Å². The van der Waals surface area contributed by atoms with Crippen molar-refractivity contribution in [3.8, 4) is 5.75 Å². The van der Waals surface area contributed by atoms with Crippen LogP contribution >= 0.6 is 0 Å². The largest absolute Gasteiger partial charge is 0.458 e. The number of benzene rings is 1. The number of carbonyl (C=O) groups excluding carboxylic acids is 2. The summed E-state index contributed by atoms with van der Waals surface area (Å²) in [6.45, 7) is 1.26. The second kappa shape index (κ2) is 4.62. The van der Waals surface area contributed by atoms with Crippen molar-refractivity contribution >= 4 is 11.9 Å². The number of esters is 2. The molecule has 5 nitrogen and oxygen atoms in total. The summed E-state index contributed by atoms with van der Waals surface area (Å²) in [5.74, 6) is -1.32. The first-order valence-electron chi connectivity index (χ1n) is 5.39. The van der Waals surface area contributed by atoms with Gasteiger partial charge in [0.25, 0.3) is 0 Å². The molecule has 0 fully saturated rings. The van der Waals surface area contributed by atoms with Gasteiger partial charge >= 0.3 is 11.9 Å². The molecule has 0 aliphatic carbocycles. The van der Waals surface area contributed by atoms with Gasteiger partial charge < -0.3 is 14.6 Å². The van der Waals surface area contributed by atoms with Gasteiger partial charge in [-0.25, -0.2) is 9.59 Å². The van der Waals surface area contributed by atoms with Crippen LogP contribution in [-0.2, 0) is 14.3 Å². The number of para-hydroxylation sites is 1. The minimum atomic E-state index is -2.01. The lowest BCUT2D eigenvalue weighted by molar-refractivity contribution is -0.153. The number of hydrogen-bond donors (Lipinski definition) is 1. The molecule has 1 aromatic rings. The number of carbonyl (C=O) groups is 2. The molecule has 1 aliphatic rings. The molecular weight excluding hydrogens is 236 g/mol. The molecule has 2 rings (SSSR count). The molecule has 0 saturated heterocycles. The molecule has 0 amide bonds. The molecular formula is C13H12O5. The Morgan fingerprint density at radius 3 is 2.61 bits per heavy atom. The van der Waals surface area contributed by atoms with Gasteiger partial charge in [-0.2, -0.15) is 0 Å². The molecule has 18 heavy (non-hydrogen) atoms. The zero-order valence-electron chi connectivity index (χ0n) is 9.75. The maximum absolute atomic E-state index is 11.8. The summed E-state index contributed by atoms with van der Waals surface area (Å²) in [5.41, 5.74) is -2.10. The fourth-order valence-corrected chi connectivity index (χ4v) is 1.56. The summed E-state index contributed by atoms with van der Waals surface area (Å²) < 4.78 is 9.66. The number of rotatable bonds is 3. The normalized spacial score (nSPS) is 17.7. The van der Waals surface area contributed by atoms with E-state index in [-0.39, 0.29) is 12.2 Å². The second-order valence-electron chi connectivity index (χ2n) is 3.99. The Morgan fingerprint density at radius 2 is 2.06 bits per heavy atom. The Labute approximate surface area is 104 Å². The van der Waals surface area contributed by atoms with Gasteiger partial charge in [-0.05, 0) is 25.1 Å². The molecule has 1 aromatic carbocycles. The van der Waals surface area contributed by atoms with Gasteiger partial charge in [-0.15, -0.1) is 0 Å². The summed E-state index contributed by atoms with van der Waals surface area (Å²) in [5, 5.41) is 10.1. The van der Waals surface area contributed by atoms with Crippen LogP contribution < -0.4 is 4.74 Å². The molecule has 0 spiro atoms. The first-order chi connectivity index (χ1) is 8.51. The third-order valence-electron chi connectivity index (χ3n) is 2.60. The van der Waals surface area contributed by atoms with Gasteiger partial charge in [0, 0.05) is 0 Å². The third-order valence-corrected chi connectivity index (χ3v) is 2.60. The van der Waals surface area contributed by atoms with Crippen LogP contribution in [-0.4, -0.2) is 29.3 Å². The number of aliphatic hydroxyl groups is 1. The fourth-order valence-electron chi connectivity index (χ4n) is 1.56. The predicted molar refractivity (Wildman–Crippen MR) is 61.7 cm³/mol. The van der Waals surface area contributed by atoms with Gasteiger partial charge in [-0.3, -0.25) is 0 Å². The van der Waals surface area contributed by atoms with Crippen LogP contribution in [0, 0.1) is 0 Å². The van der Waals surface area contributed by atoms with Crippen molar-refractivity contribution in [1.29, 1.82) is 0 Å². The van der Waals surface area contributed by atoms with E-state index in [0.717, 1.165) is 0 Å². The van der Waals surface area contributed by atoms with Crippen LogP contribution in [0.5, 0.6) is 5.75 Å². The van der Waals surface area contributed by atoms with Crippen LogP contribution in [0.3, 0.4) is 0 Å². The van der Waals surface area contributed by atoms with E-state index in [4.69, 9.17) is 4.74 Å². The molecule has 1 aliphatic heterocycles. The highest BCUT2D eigenvalue weighted by molar-refractivity contribution is 6.01. The zero-order chi connectivity index (χ0) is 13.2. The van der Waals surface area contributed by atoms with Crippen molar-refractivity contribution < 1.29 is 24.2 Å². The van der Waals surface area contributed by atoms with E-state index in [2.05, 4.69) is 4.74 Å². The van der Waals surface area contributed by atoms with Crippen LogP contribution in [0.1, 0.15) is 6.92 Å². The smallest absolute Gasteiger partial charge is 0.348 e. The van der Waals surface area contributed by atoms with E-state index in [1.165, 1.54) is 13.0 Å². The summed E-state index contributed by atoms with van der Waals surface area (Å²) in [7, 11) is 0. The quantitative estimate of drug-likeness (QED) is 0.633. The van der Waals surface area contributed by atoms with Crippen molar-refractivity contribution in [2.24, 2.45) is 0 Å². The molecule has 0 saturated carbocycles.